The van der Waals surface area contributed by atoms with Crippen LogP contribution in [0.3, 0.4) is 0 Å². The van der Waals surface area contributed by atoms with E-state index in [1.54, 1.807) is 24.3 Å². The summed E-state index contributed by atoms with van der Waals surface area (Å²) in [5, 5.41) is 29.7. The van der Waals surface area contributed by atoms with Crippen LogP contribution in [0.2, 0.25) is 0 Å². The Kier molecular flexibility index (Phi) is 4.61. The van der Waals surface area contributed by atoms with Crippen LogP contribution >= 0.6 is 0 Å². The molecule has 7 heteroatoms. The van der Waals surface area contributed by atoms with Gasteiger partial charge in [-0.1, -0.05) is 6.08 Å². The summed E-state index contributed by atoms with van der Waals surface area (Å²) in [5.41, 5.74) is -0.00467. The fourth-order valence-electron chi connectivity index (χ4n) is 1.88. The maximum Gasteiger partial charge on any atom is 0.315 e. The van der Waals surface area contributed by atoms with Gasteiger partial charge in [0.25, 0.3) is 0 Å². The number of carbonyl (C=O) groups excluding carboxylic acids is 1. The zero-order chi connectivity index (χ0) is 17.0. The van der Waals surface area contributed by atoms with Gasteiger partial charge in [-0.05, 0) is 42.0 Å². The highest BCUT2D eigenvalue weighted by atomic mass is 16.6. The molecular formula is C16H13NO6. The molecule has 0 aromatic heterocycles. The van der Waals surface area contributed by atoms with E-state index in [1.165, 1.54) is 19.3 Å². The number of nitro benzene ring substituents is 1. The molecule has 0 saturated heterocycles. The number of carbonyl (C=O) groups is 1. The summed E-state index contributed by atoms with van der Waals surface area (Å²) in [7, 11) is 1.51. The summed E-state index contributed by atoms with van der Waals surface area (Å²) in [5.74, 6) is -1.14. The van der Waals surface area contributed by atoms with Crippen molar-refractivity contribution in [1.82, 2.24) is 0 Å². The van der Waals surface area contributed by atoms with Crippen LogP contribution < -0.4 is 4.74 Å². The lowest BCUT2D eigenvalue weighted by Crippen LogP contribution is -1.94. The third kappa shape index (κ3) is 3.65. The van der Waals surface area contributed by atoms with Crippen molar-refractivity contribution in [3.63, 3.8) is 0 Å². The molecule has 0 aliphatic heterocycles. The highest BCUT2D eigenvalue weighted by molar-refractivity contribution is 6.06. The lowest BCUT2D eigenvalue weighted by molar-refractivity contribution is -0.386. The van der Waals surface area contributed by atoms with Gasteiger partial charge in [0.05, 0.1) is 12.0 Å². The first kappa shape index (κ1) is 16.0. The number of ether oxygens (including phenoxy) is 1. The average molecular weight is 315 g/mol. The van der Waals surface area contributed by atoms with E-state index in [-0.39, 0.29) is 11.3 Å². The Hall–Kier alpha value is -3.35. The van der Waals surface area contributed by atoms with E-state index in [0.29, 0.717) is 11.3 Å². The maximum atomic E-state index is 12.0. The molecule has 23 heavy (non-hydrogen) atoms. The Bertz CT molecular complexity index is 780. The van der Waals surface area contributed by atoms with Crippen molar-refractivity contribution >= 4 is 17.5 Å². The fourth-order valence-corrected chi connectivity index (χ4v) is 1.88. The molecule has 0 unspecified atom stereocenters. The van der Waals surface area contributed by atoms with Crippen LogP contribution in [0.5, 0.6) is 17.2 Å². The molecule has 0 saturated carbocycles. The molecule has 0 bridgehead atoms. The number of allylic oxidation sites excluding steroid dienone is 1. The monoisotopic (exact) mass is 315 g/mol. The molecule has 0 atom stereocenters. The first-order chi connectivity index (χ1) is 10.9. The topological polar surface area (TPSA) is 110 Å². The van der Waals surface area contributed by atoms with E-state index < -0.39 is 22.1 Å². The summed E-state index contributed by atoms with van der Waals surface area (Å²) in [6.45, 7) is 0. The van der Waals surface area contributed by atoms with Crippen molar-refractivity contribution < 1.29 is 24.7 Å². The number of rotatable bonds is 5. The third-order valence-electron chi connectivity index (χ3n) is 3.09. The predicted molar refractivity (Wildman–Crippen MR) is 82.8 cm³/mol. The SMILES string of the molecule is COc1ccc(C(=O)C=Cc2cc(O)c(O)c([N+](=O)[O-])c2)cc1. The van der Waals surface area contributed by atoms with E-state index in [4.69, 9.17) is 4.74 Å². The van der Waals surface area contributed by atoms with Crippen molar-refractivity contribution in [2.24, 2.45) is 0 Å². The Labute approximate surface area is 131 Å². The van der Waals surface area contributed by atoms with E-state index in [2.05, 4.69) is 0 Å². The number of hydrogen-bond donors (Lipinski definition) is 2. The van der Waals surface area contributed by atoms with Crippen molar-refractivity contribution in [3.8, 4) is 17.2 Å². The summed E-state index contributed by atoms with van der Waals surface area (Å²) in [6, 6.07) is 8.63. The summed E-state index contributed by atoms with van der Waals surface area (Å²) in [6.07, 6.45) is 2.54. The second-order valence-electron chi connectivity index (χ2n) is 4.59. The quantitative estimate of drug-likeness (QED) is 0.288. The number of phenols is 2. The molecule has 118 valence electrons. The lowest BCUT2D eigenvalue weighted by Gasteiger charge is -2.02. The van der Waals surface area contributed by atoms with Crippen molar-refractivity contribution in [3.05, 3.63) is 63.7 Å². The molecule has 0 spiro atoms. The van der Waals surface area contributed by atoms with Crippen LogP contribution in [-0.2, 0) is 0 Å². The lowest BCUT2D eigenvalue weighted by atomic mass is 10.1. The first-order valence-corrected chi connectivity index (χ1v) is 6.49. The minimum absolute atomic E-state index is 0.217. The minimum atomic E-state index is -0.822. The largest absolute Gasteiger partial charge is 0.504 e. The summed E-state index contributed by atoms with van der Waals surface area (Å²) >= 11 is 0. The number of nitrogens with zero attached hydrogens (tertiary/aromatic N) is 1. The standard InChI is InChI=1S/C16H13NO6/c1-23-12-5-3-11(4-6-12)14(18)7-2-10-8-13(17(21)22)16(20)15(19)9-10/h2-9,19-20H,1H3. The van der Waals surface area contributed by atoms with Crippen LogP contribution in [0.4, 0.5) is 5.69 Å². The minimum Gasteiger partial charge on any atom is -0.504 e. The van der Waals surface area contributed by atoms with Crippen LogP contribution in [0.15, 0.2) is 42.5 Å². The predicted octanol–water partition coefficient (Wildman–Crippen LogP) is 2.91. The van der Waals surface area contributed by atoms with Gasteiger partial charge in [-0.15, -0.1) is 0 Å². The van der Waals surface area contributed by atoms with Gasteiger partial charge in [0.15, 0.2) is 11.5 Å². The number of phenolic OH excluding ortho intramolecular Hbond substituents is 2. The summed E-state index contributed by atoms with van der Waals surface area (Å²) in [4.78, 5) is 22.0. The Morgan fingerprint density at radius 3 is 2.43 bits per heavy atom. The van der Waals surface area contributed by atoms with Gasteiger partial charge in [0.1, 0.15) is 5.75 Å². The van der Waals surface area contributed by atoms with Gasteiger partial charge >= 0.3 is 5.69 Å². The Balaban J connectivity index is 2.25. The molecule has 2 rings (SSSR count). The van der Waals surface area contributed by atoms with Crippen LogP contribution in [0, 0.1) is 10.1 Å². The molecule has 0 heterocycles. The van der Waals surface area contributed by atoms with E-state index >= 15 is 0 Å². The number of benzene rings is 2. The maximum absolute atomic E-state index is 12.0. The van der Waals surface area contributed by atoms with Gasteiger partial charge in [-0.2, -0.15) is 0 Å². The zero-order valence-corrected chi connectivity index (χ0v) is 12.1. The number of aromatic hydroxyl groups is 2. The van der Waals surface area contributed by atoms with E-state index in [1.807, 2.05) is 0 Å². The zero-order valence-electron chi connectivity index (χ0n) is 12.1. The van der Waals surface area contributed by atoms with Gasteiger partial charge in [0.2, 0.25) is 5.75 Å². The molecule has 0 radical (unpaired) electrons. The fraction of sp³-hybridized carbons (Fsp3) is 0.0625. The highest BCUT2D eigenvalue weighted by Gasteiger charge is 2.18. The molecule has 2 aromatic rings. The normalized spacial score (nSPS) is 10.7. The van der Waals surface area contributed by atoms with Crippen molar-refractivity contribution in [1.29, 1.82) is 0 Å². The van der Waals surface area contributed by atoms with Crippen molar-refractivity contribution in [2.75, 3.05) is 7.11 Å². The Morgan fingerprint density at radius 2 is 1.87 bits per heavy atom. The molecule has 0 amide bonds. The van der Waals surface area contributed by atoms with Gasteiger partial charge in [0, 0.05) is 11.6 Å². The highest BCUT2D eigenvalue weighted by Crippen LogP contribution is 2.36. The molecule has 2 aromatic carbocycles. The summed E-state index contributed by atoms with van der Waals surface area (Å²) < 4.78 is 4.99. The first-order valence-electron chi connectivity index (χ1n) is 6.49. The van der Waals surface area contributed by atoms with Gasteiger partial charge in [-0.25, -0.2) is 0 Å². The average Bonchev–Trinajstić information content (AvgIpc) is 2.55. The van der Waals surface area contributed by atoms with Gasteiger partial charge in [-0.3, -0.25) is 14.9 Å². The number of ketones is 1. The van der Waals surface area contributed by atoms with Crippen LogP contribution in [0.25, 0.3) is 6.08 Å². The molecular weight excluding hydrogens is 302 g/mol. The molecule has 7 nitrogen and oxygen atoms in total. The number of hydrogen-bond acceptors (Lipinski definition) is 6. The molecule has 0 aliphatic carbocycles. The smallest absolute Gasteiger partial charge is 0.315 e. The number of nitro groups is 1. The molecule has 0 aliphatic rings. The second-order valence-corrected chi connectivity index (χ2v) is 4.59. The third-order valence-corrected chi connectivity index (χ3v) is 3.09. The van der Waals surface area contributed by atoms with Crippen LogP contribution in [0.1, 0.15) is 15.9 Å². The Morgan fingerprint density at radius 1 is 1.22 bits per heavy atom. The van der Waals surface area contributed by atoms with Gasteiger partial charge < -0.3 is 14.9 Å². The van der Waals surface area contributed by atoms with E-state index in [0.717, 1.165) is 12.1 Å². The number of methoxy groups -OCH3 is 1. The molecule has 2 N–H and O–H groups in total. The molecule has 0 fully saturated rings. The second kappa shape index (κ2) is 6.61. The van der Waals surface area contributed by atoms with E-state index in [9.17, 15) is 25.1 Å². The van der Waals surface area contributed by atoms with Crippen LogP contribution in [-0.4, -0.2) is 28.0 Å². The van der Waals surface area contributed by atoms with Crippen molar-refractivity contribution in [2.45, 2.75) is 0 Å².